The highest BCUT2D eigenvalue weighted by Crippen LogP contribution is 2.71. The van der Waals surface area contributed by atoms with Gasteiger partial charge in [0.2, 0.25) is 0 Å². The maximum atomic E-state index is 14.5. The van der Waals surface area contributed by atoms with Crippen molar-refractivity contribution in [2.75, 3.05) is 26.4 Å². The van der Waals surface area contributed by atoms with Crippen molar-refractivity contribution in [3.63, 3.8) is 0 Å². The zero-order valence-electron chi connectivity index (χ0n) is 24.1. The van der Waals surface area contributed by atoms with Crippen LogP contribution in [0.15, 0.2) is 6.07 Å². The number of rotatable bonds is 16. The number of hydrogen-bond donors (Lipinski definition) is 1. The zero-order chi connectivity index (χ0) is 27.7. The van der Waals surface area contributed by atoms with Crippen LogP contribution < -0.4 is 0 Å². The number of fused-ring (bicyclic) bond motifs is 1. The molecule has 0 amide bonds. The largest absolute Gasteiger partial charge is 0.507 e. The molecule has 37 heavy (non-hydrogen) atoms. The van der Waals surface area contributed by atoms with Gasteiger partial charge in [-0.25, -0.2) is 0 Å². The third-order valence-electron chi connectivity index (χ3n) is 6.49. The third-order valence-corrected chi connectivity index (χ3v) is 12.2. The van der Waals surface area contributed by atoms with Crippen LogP contribution in [0, 0.1) is 0 Å². The van der Waals surface area contributed by atoms with Crippen LogP contribution in [0.3, 0.4) is 0 Å². The van der Waals surface area contributed by atoms with Gasteiger partial charge >= 0.3 is 15.2 Å². The van der Waals surface area contributed by atoms with Crippen LogP contribution in [0.25, 0.3) is 0 Å². The predicted octanol–water partition coefficient (Wildman–Crippen LogP) is 8.53. The van der Waals surface area contributed by atoms with E-state index in [0.29, 0.717) is 31.4 Å². The van der Waals surface area contributed by atoms with E-state index in [-0.39, 0.29) is 32.8 Å². The monoisotopic (exact) mass is 560 g/mol. The van der Waals surface area contributed by atoms with Crippen LogP contribution in [0.4, 0.5) is 0 Å². The Hall–Kier alpha value is -0.680. The van der Waals surface area contributed by atoms with Gasteiger partial charge in [0.05, 0.1) is 26.4 Å². The maximum absolute atomic E-state index is 14.5. The summed E-state index contributed by atoms with van der Waals surface area (Å²) in [5, 5.41) is 10.3. The molecule has 0 radical (unpaired) electrons. The van der Waals surface area contributed by atoms with E-state index in [1.54, 1.807) is 0 Å². The molecule has 2 rings (SSSR count). The number of aryl methyl sites for hydroxylation is 1. The summed E-state index contributed by atoms with van der Waals surface area (Å²) >= 11 is 0. The molecule has 0 atom stereocenters. The van der Waals surface area contributed by atoms with Gasteiger partial charge in [-0.05, 0) is 79.9 Å². The molecule has 1 N–H and O–H groups in total. The van der Waals surface area contributed by atoms with Gasteiger partial charge in [0.1, 0.15) is 5.75 Å². The van der Waals surface area contributed by atoms with Crippen molar-refractivity contribution in [1.82, 2.24) is 0 Å². The number of hydrogen-bond acceptors (Lipinski definition) is 7. The normalized spacial score (nSPS) is 14.8. The summed E-state index contributed by atoms with van der Waals surface area (Å²) in [7, 11) is -7.88. The van der Waals surface area contributed by atoms with E-state index in [4.69, 9.17) is 18.1 Å². The molecule has 7 nitrogen and oxygen atoms in total. The highest BCUT2D eigenvalue weighted by atomic mass is 31.2. The smallest absolute Gasteiger partial charge is 0.346 e. The summed E-state index contributed by atoms with van der Waals surface area (Å²) in [6.45, 7) is 14.7. The molecule has 214 valence electrons. The first-order valence-corrected chi connectivity index (χ1v) is 17.3. The van der Waals surface area contributed by atoms with E-state index in [1.807, 2.05) is 27.7 Å². The Morgan fingerprint density at radius 1 is 0.811 bits per heavy atom. The highest BCUT2D eigenvalue weighted by molar-refractivity contribution is 7.72. The molecule has 0 saturated carbocycles. The van der Waals surface area contributed by atoms with E-state index >= 15 is 0 Å². The Kier molecular flexibility index (Phi) is 12.9. The van der Waals surface area contributed by atoms with Crippen molar-refractivity contribution in [2.24, 2.45) is 0 Å². The van der Waals surface area contributed by atoms with Crippen LogP contribution in [0.5, 0.6) is 5.75 Å². The Morgan fingerprint density at radius 3 is 1.65 bits per heavy atom. The molecular formula is C28H50O7P2. The van der Waals surface area contributed by atoms with E-state index in [1.165, 1.54) is 0 Å². The van der Waals surface area contributed by atoms with Gasteiger partial charge in [-0.1, -0.05) is 54.5 Å². The first-order valence-electron chi connectivity index (χ1n) is 14.1. The Morgan fingerprint density at radius 2 is 1.24 bits per heavy atom. The second-order valence-corrected chi connectivity index (χ2v) is 15.8. The molecule has 0 heterocycles. The van der Waals surface area contributed by atoms with Crippen LogP contribution in [0.2, 0.25) is 0 Å². The molecule has 0 spiro atoms. The molecular weight excluding hydrogens is 510 g/mol. The van der Waals surface area contributed by atoms with E-state index in [0.717, 1.165) is 47.9 Å². The molecule has 0 aliphatic heterocycles. The minimum Gasteiger partial charge on any atom is -0.507 e. The fraction of sp³-hybridized carbons (Fsp3) is 0.786. The lowest BCUT2D eigenvalue weighted by Crippen LogP contribution is -2.24. The number of benzene rings is 1. The SMILES string of the molecule is CCCOP(=O)(OCCC)C(Cc1cc2c(c(O)c1C(C)(C)C)CCCC2)P(=O)(OCCC)OCCC. The first kappa shape index (κ1) is 32.5. The molecule has 0 saturated heterocycles. The average Bonchev–Trinajstić information content (AvgIpc) is 2.86. The number of phenols is 1. The summed E-state index contributed by atoms with van der Waals surface area (Å²) in [6, 6.07) is 2.11. The van der Waals surface area contributed by atoms with Gasteiger partial charge < -0.3 is 23.2 Å². The third kappa shape index (κ3) is 8.40. The highest BCUT2D eigenvalue weighted by Gasteiger charge is 2.51. The maximum Gasteiger partial charge on any atom is 0.346 e. The zero-order valence-corrected chi connectivity index (χ0v) is 25.9. The van der Waals surface area contributed by atoms with Gasteiger partial charge in [0.25, 0.3) is 0 Å². The summed E-state index contributed by atoms with van der Waals surface area (Å²) in [6.07, 6.45) is 6.44. The molecule has 0 aromatic heterocycles. The fourth-order valence-corrected chi connectivity index (χ4v) is 10.4. The van der Waals surface area contributed by atoms with Gasteiger partial charge in [-0.15, -0.1) is 0 Å². The molecule has 1 aliphatic rings. The van der Waals surface area contributed by atoms with Gasteiger partial charge in [-0.3, -0.25) is 9.13 Å². The topological polar surface area (TPSA) is 91.3 Å². The minimum atomic E-state index is -3.94. The van der Waals surface area contributed by atoms with Crippen LogP contribution in [-0.4, -0.2) is 36.9 Å². The molecule has 9 heteroatoms. The van der Waals surface area contributed by atoms with Gasteiger partial charge in [0.15, 0.2) is 5.40 Å². The van der Waals surface area contributed by atoms with E-state index in [9.17, 15) is 14.2 Å². The van der Waals surface area contributed by atoms with Crippen molar-refractivity contribution >= 4 is 15.2 Å². The average molecular weight is 561 g/mol. The summed E-state index contributed by atoms with van der Waals surface area (Å²) in [5.41, 5.74) is 3.29. The Balaban J connectivity index is 2.76. The van der Waals surface area contributed by atoms with Crippen molar-refractivity contribution in [1.29, 1.82) is 0 Å². The molecule has 0 unspecified atom stereocenters. The lowest BCUT2D eigenvalue weighted by Gasteiger charge is -2.34. The molecule has 1 aromatic rings. The first-order chi connectivity index (χ1) is 17.5. The molecule has 1 aliphatic carbocycles. The summed E-state index contributed by atoms with van der Waals surface area (Å²) in [5.74, 6) is 0.302. The van der Waals surface area contributed by atoms with E-state index in [2.05, 4.69) is 26.8 Å². The molecule has 0 fully saturated rings. The fourth-order valence-electron chi connectivity index (χ4n) is 4.83. The Bertz CT molecular complexity index is 897. The summed E-state index contributed by atoms with van der Waals surface area (Å²) in [4.78, 5) is 0. The number of aromatic hydroxyl groups is 1. The lowest BCUT2D eigenvalue weighted by atomic mass is 9.77. The van der Waals surface area contributed by atoms with Crippen LogP contribution in [-0.2, 0) is 51.9 Å². The number of phenolic OH excluding ortho intramolecular Hbond substituents is 1. The van der Waals surface area contributed by atoms with Crippen LogP contribution >= 0.6 is 15.2 Å². The van der Waals surface area contributed by atoms with Crippen molar-refractivity contribution in [3.05, 3.63) is 28.3 Å². The van der Waals surface area contributed by atoms with Crippen molar-refractivity contribution < 1.29 is 32.3 Å². The summed E-state index contributed by atoms with van der Waals surface area (Å²) < 4.78 is 52.7. The van der Waals surface area contributed by atoms with E-state index < -0.39 is 26.0 Å². The van der Waals surface area contributed by atoms with Crippen molar-refractivity contribution in [3.8, 4) is 5.75 Å². The standard InChI is InChI=1S/C28H50O7P2/c1-8-16-32-36(30,33-17-9-2)25(37(31,34-18-10-3)35-19-11-4)21-23-20-22-14-12-13-15-24(22)27(29)26(23)28(5,6)7/h20,25,29H,8-19,21H2,1-7H3. The predicted molar refractivity (Wildman–Crippen MR) is 151 cm³/mol. The quantitative estimate of drug-likeness (QED) is 0.203. The second-order valence-electron chi connectivity index (χ2n) is 11.0. The lowest BCUT2D eigenvalue weighted by molar-refractivity contribution is 0.180. The van der Waals surface area contributed by atoms with Crippen LogP contribution in [0.1, 0.15) is 109 Å². The minimum absolute atomic E-state index is 0.100. The molecule has 1 aromatic carbocycles. The second kappa shape index (κ2) is 14.6. The van der Waals surface area contributed by atoms with Gasteiger partial charge in [-0.2, -0.15) is 0 Å². The molecule has 0 bridgehead atoms. The van der Waals surface area contributed by atoms with Crippen molar-refractivity contribution in [2.45, 2.75) is 117 Å². The Labute approximate surface area is 225 Å². The van der Waals surface area contributed by atoms with Gasteiger partial charge in [0, 0.05) is 5.56 Å².